The van der Waals surface area contributed by atoms with Gasteiger partial charge in [-0.2, -0.15) is 0 Å². The number of nitrogens with one attached hydrogen (secondary N) is 1. The monoisotopic (exact) mass is 375 g/mol. The van der Waals surface area contributed by atoms with Crippen LogP contribution in [0.3, 0.4) is 0 Å². The van der Waals surface area contributed by atoms with Crippen LogP contribution >= 0.6 is 0 Å². The van der Waals surface area contributed by atoms with Gasteiger partial charge in [-0.25, -0.2) is 0 Å². The molecule has 3 aromatic rings. The summed E-state index contributed by atoms with van der Waals surface area (Å²) in [5, 5.41) is 2.16. The first-order valence-electron chi connectivity index (χ1n) is 10.1. The quantitative estimate of drug-likeness (QED) is 0.744. The number of carbonyl (C=O) groups excluding carboxylic acids is 1. The molecule has 0 unspecified atom stereocenters. The molecule has 1 aliphatic heterocycles. The molecular formula is C24H27N2O2+. The molecule has 4 rings (SSSR count). The predicted molar refractivity (Wildman–Crippen MR) is 112 cm³/mol. The second-order valence-electron chi connectivity index (χ2n) is 7.32. The van der Waals surface area contributed by atoms with Crippen molar-refractivity contribution in [2.75, 3.05) is 32.8 Å². The lowest BCUT2D eigenvalue weighted by Crippen LogP contribution is -3.13. The number of fused-ring (bicyclic) bond motifs is 1. The molecule has 144 valence electrons. The molecule has 0 radical (unpaired) electrons. The number of hydrogen-bond acceptors (Lipinski definition) is 2. The fourth-order valence-electron chi connectivity index (χ4n) is 3.94. The maximum Gasteiger partial charge on any atom is 0.254 e. The lowest BCUT2D eigenvalue weighted by Gasteiger charge is -2.32. The van der Waals surface area contributed by atoms with E-state index in [9.17, 15) is 4.79 Å². The second-order valence-corrected chi connectivity index (χ2v) is 7.32. The smallest absolute Gasteiger partial charge is 0.254 e. The standard InChI is InChI=1S/C24H26N2O2/c1-2-28-21-12-10-19(11-13-21)18-25-14-16-26(17-15-25)24(27)23-9-5-7-20-6-3-4-8-22(20)23/h3-13H,2,14-18H2,1H3/p+1. The van der Waals surface area contributed by atoms with Crippen molar-refractivity contribution in [3.05, 3.63) is 77.9 Å². The van der Waals surface area contributed by atoms with Gasteiger partial charge < -0.3 is 14.5 Å². The van der Waals surface area contributed by atoms with Crippen LogP contribution in [-0.4, -0.2) is 43.6 Å². The largest absolute Gasteiger partial charge is 0.494 e. The first-order valence-corrected chi connectivity index (χ1v) is 10.1. The van der Waals surface area contributed by atoms with Gasteiger partial charge in [-0.05, 0) is 48.0 Å². The number of amides is 1. The summed E-state index contributed by atoms with van der Waals surface area (Å²) in [7, 11) is 0. The molecule has 4 heteroatoms. The number of quaternary nitrogens is 1. The van der Waals surface area contributed by atoms with Crippen molar-refractivity contribution in [3.8, 4) is 5.75 Å². The van der Waals surface area contributed by atoms with Gasteiger partial charge in [-0.1, -0.05) is 36.4 Å². The number of carbonyl (C=O) groups is 1. The lowest BCUT2D eigenvalue weighted by atomic mass is 10.0. The van der Waals surface area contributed by atoms with E-state index in [1.54, 1.807) is 0 Å². The Hall–Kier alpha value is -2.85. The summed E-state index contributed by atoms with van der Waals surface area (Å²) in [5.74, 6) is 1.07. The summed E-state index contributed by atoms with van der Waals surface area (Å²) >= 11 is 0. The van der Waals surface area contributed by atoms with Gasteiger partial charge in [-0.15, -0.1) is 0 Å². The van der Waals surface area contributed by atoms with E-state index in [1.165, 1.54) is 10.5 Å². The van der Waals surface area contributed by atoms with Crippen LogP contribution in [0.5, 0.6) is 5.75 Å². The zero-order chi connectivity index (χ0) is 19.3. The Morgan fingerprint density at radius 2 is 1.68 bits per heavy atom. The van der Waals surface area contributed by atoms with Gasteiger partial charge >= 0.3 is 0 Å². The minimum atomic E-state index is 0.150. The van der Waals surface area contributed by atoms with Crippen molar-refractivity contribution < 1.29 is 14.4 Å². The Bertz CT molecular complexity index is 939. The number of benzene rings is 3. The van der Waals surface area contributed by atoms with Crippen molar-refractivity contribution in [2.45, 2.75) is 13.5 Å². The summed E-state index contributed by atoms with van der Waals surface area (Å²) < 4.78 is 5.51. The summed E-state index contributed by atoms with van der Waals surface area (Å²) in [5.41, 5.74) is 2.13. The van der Waals surface area contributed by atoms with Crippen molar-refractivity contribution in [3.63, 3.8) is 0 Å². The van der Waals surface area contributed by atoms with Gasteiger partial charge in [0.2, 0.25) is 0 Å². The average molecular weight is 375 g/mol. The van der Waals surface area contributed by atoms with Crippen LogP contribution in [0, 0.1) is 0 Å². The Morgan fingerprint density at radius 3 is 2.43 bits per heavy atom. The zero-order valence-corrected chi connectivity index (χ0v) is 16.4. The highest BCUT2D eigenvalue weighted by molar-refractivity contribution is 6.07. The zero-order valence-electron chi connectivity index (χ0n) is 16.4. The number of hydrogen-bond donors (Lipinski definition) is 1. The highest BCUT2D eigenvalue weighted by Gasteiger charge is 2.25. The van der Waals surface area contributed by atoms with Gasteiger partial charge in [0.25, 0.3) is 5.91 Å². The number of nitrogens with zero attached hydrogens (tertiary/aromatic N) is 1. The topological polar surface area (TPSA) is 34.0 Å². The Kier molecular flexibility index (Phi) is 5.58. The van der Waals surface area contributed by atoms with Crippen LogP contribution in [0.4, 0.5) is 0 Å². The SMILES string of the molecule is CCOc1ccc(C[NH+]2CCN(C(=O)c3cccc4ccccc34)CC2)cc1. The molecule has 1 amide bonds. The minimum absolute atomic E-state index is 0.150. The van der Waals surface area contributed by atoms with Crippen molar-refractivity contribution in [1.82, 2.24) is 4.90 Å². The number of rotatable bonds is 5. The summed E-state index contributed by atoms with van der Waals surface area (Å²) in [4.78, 5) is 16.6. The van der Waals surface area contributed by atoms with E-state index in [4.69, 9.17) is 4.74 Å². The summed E-state index contributed by atoms with van der Waals surface area (Å²) in [6.45, 7) is 7.23. The fourth-order valence-corrected chi connectivity index (χ4v) is 3.94. The van der Waals surface area contributed by atoms with Crippen molar-refractivity contribution in [1.29, 1.82) is 0 Å². The van der Waals surface area contributed by atoms with Crippen molar-refractivity contribution >= 4 is 16.7 Å². The van der Waals surface area contributed by atoms with Gasteiger partial charge in [0.15, 0.2) is 0 Å². The van der Waals surface area contributed by atoms with Crippen LogP contribution in [0.1, 0.15) is 22.8 Å². The van der Waals surface area contributed by atoms with Crippen LogP contribution in [0.15, 0.2) is 66.7 Å². The van der Waals surface area contributed by atoms with E-state index in [2.05, 4.69) is 24.3 Å². The highest BCUT2D eigenvalue weighted by atomic mass is 16.5. The van der Waals surface area contributed by atoms with Crippen molar-refractivity contribution in [2.24, 2.45) is 0 Å². The Balaban J connectivity index is 1.37. The van der Waals surface area contributed by atoms with Crippen LogP contribution in [0.25, 0.3) is 10.8 Å². The molecule has 1 N–H and O–H groups in total. The van der Waals surface area contributed by atoms with Gasteiger partial charge in [0.1, 0.15) is 12.3 Å². The van der Waals surface area contributed by atoms with Gasteiger partial charge in [0.05, 0.1) is 32.8 Å². The van der Waals surface area contributed by atoms with Crippen LogP contribution < -0.4 is 9.64 Å². The molecule has 1 aliphatic rings. The molecule has 28 heavy (non-hydrogen) atoms. The number of piperazine rings is 1. The Morgan fingerprint density at radius 1 is 0.964 bits per heavy atom. The third kappa shape index (κ3) is 4.02. The molecule has 1 heterocycles. The minimum Gasteiger partial charge on any atom is -0.494 e. The summed E-state index contributed by atoms with van der Waals surface area (Å²) in [6, 6.07) is 22.5. The third-order valence-electron chi connectivity index (χ3n) is 5.47. The number of ether oxygens (including phenoxy) is 1. The first kappa shape index (κ1) is 18.5. The normalized spacial score (nSPS) is 15.0. The average Bonchev–Trinajstić information content (AvgIpc) is 2.75. The van der Waals surface area contributed by atoms with E-state index >= 15 is 0 Å². The lowest BCUT2D eigenvalue weighted by molar-refractivity contribution is -0.917. The molecule has 0 aliphatic carbocycles. The summed E-state index contributed by atoms with van der Waals surface area (Å²) in [6.07, 6.45) is 0. The van der Waals surface area contributed by atoms with E-state index in [0.29, 0.717) is 6.61 Å². The van der Waals surface area contributed by atoms with Crippen LogP contribution in [-0.2, 0) is 6.54 Å². The van der Waals surface area contributed by atoms with E-state index in [1.807, 2.05) is 54.3 Å². The van der Waals surface area contributed by atoms with Gasteiger partial charge in [-0.3, -0.25) is 4.79 Å². The maximum absolute atomic E-state index is 13.1. The second kappa shape index (κ2) is 8.44. The third-order valence-corrected chi connectivity index (χ3v) is 5.47. The molecular weight excluding hydrogens is 348 g/mol. The molecule has 0 spiro atoms. The van der Waals surface area contributed by atoms with E-state index < -0.39 is 0 Å². The van der Waals surface area contributed by atoms with E-state index in [-0.39, 0.29) is 5.91 Å². The van der Waals surface area contributed by atoms with Gasteiger partial charge in [0, 0.05) is 11.1 Å². The molecule has 0 atom stereocenters. The van der Waals surface area contributed by atoms with E-state index in [0.717, 1.165) is 54.8 Å². The Labute approximate surface area is 166 Å². The first-order chi connectivity index (χ1) is 13.7. The molecule has 4 nitrogen and oxygen atoms in total. The molecule has 1 saturated heterocycles. The highest BCUT2D eigenvalue weighted by Crippen LogP contribution is 2.20. The molecule has 0 bridgehead atoms. The maximum atomic E-state index is 13.1. The molecule has 0 saturated carbocycles. The molecule has 1 fully saturated rings. The molecule has 0 aromatic heterocycles. The van der Waals surface area contributed by atoms with Crippen LogP contribution in [0.2, 0.25) is 0 Å². The molecule has 3 aromatic carbocycles. The fraction of sp³-hybridized carbons (Fsp3) is 0.292. The predicted octanol–water partition coefficient (Wildman–Crippen LogP) is 2.78.